The number of halogens is 2. The fraction of sp³-hybridized carbons (Fsp3) is 0.500. The first kappa shape index (κ1) is 11.8. The van der Waals surface area contributed by atoms with Crippen molar-refractivity contribution in [3.05, 3.63) is 34.6 Å². The van der Waals surface area contributed by atoms with Crippen LogP contribution in [0.3, 0.4) is 0 Å². The molecule has 1 aromatic carbocycles. The van der Waals surface area contributed by atoms with Crippen molar-refractivity contribution in [1.29, 1.82) is 0 Å². The lowest BCUT2D eigenvalue weighted by Gasteiger charge is -2.23. The number of likely N-dealkylation sites (tertiary alicyclic amines) is 1. The molecule has 0 unspecified atom stereocenters. The van der Waals surface area contributed by atoms with Gasteiger partial charge in [-0.2, -0.15) is 0 Å². The van der Waals surface area contributed by atoms with Gasteiger partial charge < -0.3 is 5.11 Å². The Labute approximate surface area is 99.6 Å². The molecule has 0 aromatic heterocycles. The lowest BCUT2D eigenvalue weighted by molar-refractivity contribution is 0.153. The molecular weight excluding hydrogens is 229 g/mol. The zero-order valence-electron chi connectivity index (χ0n) is 9.00. The summed E-state index contributed by atoms with van der Waals surface area (Å²) >= 11 is 6.01. The molecule has 88 valence electrons. The van der Waals surface area contributed by atoms with Gasteiger partial charge in [0.05, 0.1) is 6.61 Å². The van der Waals surface area contributed by atoms with Gasteiger partial charge in [-0.05, 0) is 43.1 Å². The first-order chi connectivity index (χ1) is 7.70. The van der Waals surface area contributed by atoms with Crippen LogP contribution >= 0.6 is 11.6 Å². The molecule has 1 N–H and O–H groups in total. The minimum atomic E-state index is -0.265. The highest BCUT2D eigenvalue weighted by molar-refractivity contribution is 6.31. The quantitative estimate of drug-likeness (QED) is 0.882. The Morgan fingerprint density at radius 3 is 3.06 bits per heavy atom. The van der Waals surface area contributed by atoms with Crippen LogP contribution in [-0.2, 0) is 6.54 Å². The van der Waals surface area contributed by atoms with Gasteiger partial charge in [0.2, 0.25) is 0 Å². The average molecular weight is 244 g/mol. The van der Waals surface area contributed by atoms with Gasteiger partial charge in [-0.25, -0.2) is 4.39 Å². The van der Waals surface area contributed by atoms with E-state index < -0.39 is 0 Å². The van der Waals surface area contributed by atoms with Crippen molar-refractivity contribution in [3.63, 3.8) is 0 Å². The second-order valence-corrected chi connectivity index (χ2v) is 4.59. The molecule has 2 nitrogen and oxygen atoms in total. The monoisotopic (exact) mass is 243 g/mol. The number of aliphatic hydroxyl groups excluding tert-OH is 1. The highest BCUT2D eigenvalue weighted by Gasteiger charge is 2.24. The maximum absolute atomic E-state index is 13.1. The van der Waals surface area contributed by atoms with E-state index in [0.717, 1.165) is 24.9 Å². The SMILES string of the molecule is OC[C@@H]1CCCN1Cc1cc(F)ccc1Cl. The summed E-state index contributed by atoms with van der Waals surface area (Å²) < 4.78 is 13.1. The molecule has 0 spiro atoms. The predicted octanol–water partition coefficient (Wildman–Crippen LogP) is 2.44. The standard InChI is InChI=1S/C12H15ClFNO/c13-12-4-3-10(14)6-9(12)7-15-5-1-2-11(15)8-16/h3-4,6,11,16H,1-2,5,7-8H2/t11-/m0/s1. The number of nitrogens with zero attached hydrogens (tertiary/aromatic N) is 1. The van der Waals surface area contributed by atoms with Crippen molar-refractivity contribution < 1.29 is 9.50 Å². The lowest BCUT2D eigenvalue weighted by Crippen LogP contribution is -2.31. The van der Waals surface area contributed by atoms with Gasteiger partial charge in [-0.3, -0.25) is 4.90 Å². The molecule has 0 bridgehead atoms. The van der Waals surface area contributed by atoms with Gasteiger partial charge in [0, 0.05) is 17.6 Å². The van der Waals surface area contributed by atoms with Crippen molar-refractivity contribution in [1.82, 2.24) is 4.90 Å². The van der Waals surface area contributed by atoms with Crippen LogP contribution in [0.15, 0.2) is 18.2 Å². The van der Waals surface area contributed by atoms with Crippen LogP contribution in [0.4, 0.5) is 4.39 Å². The molecule has 0 saturated carbocycles. The summed E-state index contributed by atoms with van der Waals surface area (Å²) in [7, 11) is 0. The van der Waals surface area contributed by atoms with E-state index in [2.05, 4.69) is 4.90 Å². The minimum absolute atomic E-state index is 0.160. The van der Waals surface area contributed by atoms with Crippen LogP contribution in [0.2, 0.25) is 5.02 Å². The fourth-order valence-electron chi connectivity index (χ4n) is 2.19. The van der Waals surface area contributed by atoms with E-state index in [1.165, 1.54) is 12.1 Å². The van der Waals surface area contributed by atoms with Gasteiger partial charge in [0.15, 0.2) is 0 Å². The van der Waals surface area contributed by atoms with Crippen LogP contribution in [0.1, 0.15) is 18.4 Å². The summed E-state index contributed by atoms with van der Waals surface area (Å²) in [6, 6.07) is 4.60. The Kier molecular flexibility index (Phi) is 3.79. The minimum Gasteiger partial charge on any atom is -0.395 e. The Morgan fingerprint density at radius 1 is 1.50 bits per heavy atom. The number of benzene rings is 1. The van der Waals surface area contributed by atoms with E-state index in [1.807, 2.05) is 0 Å². The van der Waals surface area contributed by atoms with Crippen molar-refractivity contribution in [2.75, 3.05) is 13.2 Å². The summed E-state index contributed by atoms with van der Waals surface area (Å²) in [5.74, 6) is -0.265. The van der Waals surface area contributed by atoms with Crippen LogP contribution in [0, 0.1) is 5.82 Å². The van der Waals surface area contributed by atoms with Crippen LogP contribution in [0.25, 0.3) is 0 Å². The van der Waals surface area contributed by atoms with Gasteiger partial charge >= 0.3 is 0 Å². The van der Waals surface area contributed by atoms with E-state index in [1.54, 1.807) is 6.07 Å². The Morgan fingerprint density at radius 2 is 2.31 bits per heavy atom. The van der Waals surface area contributed by atoms with Crippen molar-refractivity contribution in [3.8, 4) is 0 Å². The molecule has 1 aliphatic rings. The topological polar surface area (TPSA) is 23.5 Å². The van der Waals surface area contributed by atoms with E-state index >= 15 is 0 Å². The van der Waals surface area contributed by atoms with Crippen LogP contribution in [0.5, 0.6) is 0 Å². The molecule has 1 fully saturated rings. The van der Waals surface area contributed by atoms with Gasteiger partial charge in [-0.15, -0.1) is 0 Å². The number of hydrogen-bond acceptors (Lipinski definition) is 2. The third kappa shape index (κ3) is 2.54. The second kappa shape index (κ2) is 5.13. The third-order valence-corrected chi connectivity index (χ3v) is 3.46. The molecule has 0 radical (unpaired) electrons. The second-order valence-electron chi connectivity index (χ2n) is 4.18. The highest BCUT2D eigenvalue weighted by Crippen LogP contribution is 2.24. The van der Waals surface area contributed by atoms with Crippen LogP contribution in [-0.4, -0.2) is 29.2 Å². The Balaban J connectivity index is 2.11. The highest BCUT2D eigenvalue weighted by atomic mass is 35.5. The summed E-state index contributed by atoms with van der Waals surface area (Å²) in [6.07, 6.45) is 2.08. The van der Waals surface area contributed by atoms with Gasteiger partial charge in [0.25, 0.3) is 0 Å². The van der Waals surface area contributed by atoms with Gasteiger partial charge in [-0.1, -0.05) is 11.6 Å². The van der Waals surface area contributed by atoms with E-state index in [9.17, 15) is 9.50 Å². The zero-order valence-corrected chi connectivity index (χ0v) is 9.75. The summed E-state index contributed by atoms with van der Waals surface area (Å²) in [5, 5.41) is 9.78. The Bertz CT molecular complexity index is 372. The van der Waals surface area contributed by atoms with Crippen LogP contribution < -0.4 is 0 Å². The molecule has 1 saturated heterocycles. The number of rotatable bonds is 3. The molecule has 16 heavy (non-hydrogen) atoms. The summed E-state index contributed by atoms with van der Waals surface area (Å²) in [5.41, 5.74) is 0.794. The molecule has 1 atom stereocenters. The first-order valence-electron chi connectivity index (χ1n) is 5.49. The smallest absolute Gasteiger partial charge is 0.123 e. The van der Waals surface area contributed by atoms with Crippen molar-refractivity contribution in [2.45, 2.75) is 25.4 Å². The van der Waals surface area contributed by atoms with Crippen molar-refractivity contribution >= 4 is 11.6 Å². The van der Waals surface area contributed by atoms with Gasteiger partial charge in [0.1, 0.15) is 5.82 Å². The van der Waals surface area contributed by atoms with E-state index in [0.29, 0.717) is 11.6 Å². The lowest BCUT2D eigenvalue weighted by atomic mass is 10.2. The molecule has 1 aromatic rings. The molecule has 0 aliphatic carbocycles. The third-order valence-electron chi connectivity index (χ3n) is 3.09. The Hall–Kier alpha value is -0.640. The molecule has 1 heterocycles. The first-order valence-corrected chi connectivity index (χ1v) is 5.87. The maximum atomic E-state index is 13.1. The normalized spacial score (nSPS) is 21.6. The molecule has 4 heteroatoms. The van der Waals surface area contributed by atoms with E-state index in [-0.39, 0.29) is 18.5 Å². The molecular formula is C12H15ClFNO. The maximum Gasteiger partial charge on any atom is 0.123 e. The number of aliphatic hydroxyl groups is 1. The fourth-order valence-corrected chi connectivity index (χ4v) is 2.37. The molecule has 1 aliphatic heterocycles. The number of hydrogen-bond donors (Lipinski definition) is 1. The summed E-state index contributed by atoms with van der Waals surface area (Å²) in [4.78, 5) is 2.15. The van der Waals surface area contributed by atoms with E-state index in [4.69, 9.17) is 11.6 Å². The zero-order chi connectivity index (χ0) is 11.5. The molecule has 0 amide bonds. The average Bonchev–Trinajstić information content (AvgIpc) is 2.71. The van der Waals surface area contributed by atoms with Crippen molar-refractivity contribution in [2.24, 2.45) is 0 Å². The molecule has 2 rings (SSSR count). The predicted molar refractivity (Wildman–Crippen MR) is 61.9 cm³/mol. The summed E-state index contributed by atoms with van der Waals surface area (Å²) in [6.45, 7) is 1.72. The largest absolute Gasteiger partial charge is 0.395 e.